The van der Waals surface area contributed by atoms with Crippen molar-refractivity contribution in [2.24, 2.45) is 0 Å². The molecule has 14 heavy (non-hydrogen) atoms. The second-order valence-electron chi connectivity index (χ2n) is 2.91. The Morgan fingerprint density at radius 1 is 1.43 bits per heavy atom. The third-order valence-corrected chi connectivity index (χ3v) is 2.50. The molecule has 0 fully saturated rings. The molecule has 0 aliphatic carbocycles. The summed E-state index contributed by atoms with van der Waals surface area (Å²) in [5.74, 6) is -0.198. The van der Waals surface area contributed by atoms with E-state index in [1.54, 1.807) is 6.92 Å². The highest BCUT2D eigenvalue weighted by atomic mass is 79.9. The molecular weight excluding hydrogens is 244 g/mol. The molecule has 3 heteroatoms. The first kappa shape index (κ1) is 11.2. The summed E-state index contributed by atoms with van der Waals surface area (Å²) in [6.45, 7) is 2.23. The van der Waals surface area contributed by atoms with Crippen molar-refractivity contribution in [3.63, 3.8) is 0 Å². The number of carbonyl (C=O) groups excluding carboxylic acids is 1. The van der Waals surface area contributed by atoms with Gasteiger partial charge in [0.05, 0.1) is 6.61 Å². The monoisotopic (exact) mass is 256 g/mol. The van der Waals surface area contributed by atoms with Gasteiger partial charge >= 0.3 is 5.97 Å². The van der Waals surface area contributed by atoms with Crippen molar-refractivity contribution in [3.8, 4) is 0 Å². The van der Waals surface area contributed by atoms with Gasteiger partial charge in [-0.05, 0) is 18.9 Å². The lowest BCUT2D eigenvalue weighted by molar-refractivity contribution is -0.142. The van der Waals surface area contributed by atoms with E-state index in [1.165, 1.54) is 0 Å². The van der Waals surface area contributed by atoms with Gasteiger partial charge in [-0.15, -0.1) is 0 Å². The van der Waals surface area contributed by atoms with Crippen molar-refractivity contribution in [1.82, 2.24) is 0 Å². The van der Waals surface area contributed by atoms with Crippen molar-refractivity contribution in [1.29, 1.82) is 0 Å². The van der Waals surface area contributed by atoms with Gasteiger partial charge < -0.3 is 4.74 Å². The number of carbonyl (C=O) groups is 1. The van der Waals surface area contributed by atoms with Gasteiger partial charge in [0.2, 0.25) is 0 Å². The number of hydrogen-bond donors (Lipinski definition) is 0. The number of halogens is 1. The molecule has 1 unspecified atom stereocenters. The van der Waals surface area contributed by atoms with Crippen molar-refractivity contribution in [3.05, 3.63) is 35.9 Å². The van der Waals surface area contributed by atoms with Crippen LogP contribution in [0.4, 0.5) is 0 Å². The van der Waals surface area contributed by atoms with E-state index in [9.17, 15) is 4.79 Å². The number of rotatable bonds is 4. The average molecular weight is 257 g/mol. The second-order valence-corrected chi connectivity index (χ2v) is 4.01. The van der Waals surface area contributed by atoms with E-state index in [2.05, 4.69) is 15.9 Å². The fraction of sp³-hybridized carbons (Fsp3) is 0.364. The zero-order valence-corrected chi connectivity index (χ0v) is 9.66. The molecule has 1 aromatic carbocycles. The standard InChI is InChI=1S/C11H13BrO2/c1-2-14-11(13)10(12)8-9-6-4-3-5-7-9/h3-7,10H,2,8H2,1H3. The van der Waals surface area contributed by atoms with Crippen LogP contribution in [-0.4, -0.2) is 17.4 Å². The predicted octanol–water partition coefficient (Wildman–Crippen LogP) is 2.56. The van der Waals surface area contributed by atoms with E-state index in [0.717, 1.165) is 5.56 Å². The Morgan fingerprint density at radius 3 is 2.64 bits per heavy atom. The molecule has 1 rings (SSSR count). The molecule has 2 nitrogen and oxygen atoms in total. The van der Waals surface area contributed by atoms with Crippen molar-refractivity contribution in [2.75, 3.05) is 6.61 Å². The van der Waals surface area contributed by atoms with Crippen LogP contribution >= 0.6 is 15.9 Å². The molecule has 0 saturated heterocycles. The lowest BCUT2D eigenvalue weighted by atomic mass is 10.1. The van der Waals surface area contributed by atoms with Gasteiger partial charge in [0.15, 0.2) is 0 Å². The van der Waals surface area contributed by atoms with E-state index in [4.69, 9.17) is 4.74 Å². The Labute approximate surface area is 92.4 Å². The van der Waals surface area contributed by atoms with Crippen LogP contribution in [-0.2, 0) is 16.0 Å². The van der Waals surface area contributed by atoms with Crippen LogP contribution in [0.5, 0.6) is 0 Å². The number of esters is 1. The Kier molecular flexibility index (Phi) is 4.66. The molecule has 1 atom stereocenters. The Hall–Kier alpha value is -0.830. The van der Waals surface area contributed by atoms with E-state index in [1.807, 2.05) is 30.3 Å². The molecule has 0 radical (unpaired) electrons. The fourth-order valence-corrected chi connectivity index (χ4v) is 1.64. The first-order valence-corrected chi connectivity index (χ1v) is 5.50. The van der Waals surface area contributed by atoms with Crippen LogP contribution in [0.1, 0.15) is 12.5 Å². The minimum atomic E-state index is -0.246. The van der Waals surface area contributed by atoms with Crippen LogP contribution in [0.2, 0.25) is 0 Å². The highest BCUT2D eigenvalue weighted by Gasteiger charge is 2.15. The topological polar surface area (TPSA) is 26.3 Å². The maximum absolute atomic E-state index is 11.3. The van der Waals surface area contributed by atoms with Crippen LogP contribution in [0, 0.1) is 0 Å². The quantitative estimate of drug-likeness (QED) is 0.612. The average Bonchev–Trinajstić information content (AvgIpc) is 2.19. The lowest BCUT2D eigenvalue weighted by Gasteiger charge is -2.08. The Bertz CT molecular complexity index is 285. The number of benzene rings is 1. The Morgan fingerprint density at radius 2 is 2.07 bits per heavy atom. The number of hydrogen-bond acceptors (Lipinski definition) is 2. The minimum Gasteiger partial charge on any atom is -0.465 e. The summed E-state index contributed by atoms with van der Waals surface area (Å²) >= 11 is 3.31. The molecule has 0 saturated carbocycles. The summed E-state index contributed by atoms with van der Waals surface area (Å²) in [6.07, 6.45) is 0.666. The molecule has 0 amide bonds. The van der Waals surface area contributed by atoms with E-state index < -0.39 is 0 Å². The van der Waals surface area contributed by atoms with Gasteiger partial charge in [0, 0.05) is 0 Å². The summed E-state index contributed by atoms with van der Waals surface area (Å²) in [7, 11) is 0. The van der Waals surface area contributed by atoms with Gasteiger partial charge in [-0.25, -0.2) is 0 Å². The molecule has 1 aromatic rings. The largest absolute Gasteiger partial charge is 0.465 e. The minimum absolute atomic E-state index is 0.198. The summed E-state index contributed by atoms with van der Waals surface area (Å²) in [4.78, 5) is 11.0. The van der Waals surface area contributed by atoms with Crippen molar-refractivity contribution < 1.29 is 9.53 Å². The summed E-state index contributed by atoms with van der Waals surface area (Å²) in [5.41, 5.74) is 1.13. The molecule has 0 N–H and O–H groups in total. The molecule has 0 spiro atoms. The molecule has 0 aromatic heterocycles. The summed E-state index contributed by atoms with van der Waals surface area (Å²) < 4.78 is 4.89. The lowest BCUT2D eigenvalue weighted by Crippen LogP contribution is -2.19. The van der Waals surface area contributed by atoms with Gasteiger partial charge in [0.25, 0.3) is 0 Å². The molecule has 0 aliphatic heterocycles. The van der Waals surface area contributed by atoms with E-state index in [0.29, 0.717) is 13.0 Å². The van der Waals surface area contributed by atoms with E-state index >= 15 is 0 Å². The molecule has 0 aliphatic rings. The second kappa shape index (κ2) is 5.81. The highest BCUT2D eigenvalue weighted by Crippen LogP contribution is 2.11. The van der Waals surface area contributed by atoms with E-state index in [-0.39, 0.29) is 10.8 Å². The zero-order chi connectivity index (χ0) is 10.4. The first-order valence-electron chi connectivity index (χ1n) is 4.58. The van der Waals surface area contributed by atoms with Crippen LogP contribution in [0.25, 0.3) is 0 Å². The molecule has 76 valence electrons. The Balaban J connectivity index is 2.49. The summed E-state index contributed by atoms with van der Waals surface area (Å²) in [5, 5.41) is 0. The number of alkyl halides is 1. The highest BCUT2D eigenvalue weighted by molar-refractivity contribution is 9.10. The van der Waals surface area contributed by atoms with Gasteiger partial charge in [0.1, 0.15) is 4.83 Å². The molecular formula is C11H13BrO2. The van der Waals surface area contributed by atoms with Gasteiger partial charge in [-0.1, -0.05) is 46.3 Å². The van der Waals surface area contributed by atoms with Gasteiger partial charge in [-0.2, -0.15) is 0 Å². The van der Waals surface area contributed by atoms with Crippen molar-refractivity contribution in [2.45, 2.75) is 18.2 Å². The third-order valence-electron chi connectivity index (χ3n) is 1.80. The number of ether oxygens (including phenoxy) is 1. The van der Waals surface area contributed by atoms with Gasteiger partial charge in [-0.3, -0.25) is 4.79 Å². The molecule has 0 bridgehead atoms. The van der Waals surface area contributed by atoms with Crippen LogP contribution < -0.4 is 0 Å². The third kappa shape index (κ3) is 3.50. The SMILES string of the molecule is CCOC(=O)C(Br)Cc1ccccc1. The normalized spacial score (nSPS) is 12.1. The fourth-order valence-electron chi connectivity index (χ4n) is 1.14. The first-order chi connectivity index (χ1) is 6.74. The maximum atomic E-state index is 11.3. The maximum Gasteiger partial charge on any atom is 0.320 e. The predicted molar refractivity (Wildman–Crippen MR) is 59.5 cm³/mol. The zero-order valence-electron chi connectivity index (χ0n) is 8.07. The molecule has 0 heterocycles. The van der Waals surface area contributed by atoms with Crippen LogP contribution in [0.15, 0.2) is 30.3 Å². The van der Waals surface area contributed by atoms with Crippen molar-refractivity contribution >= 4 is 21.9 Å². The smallest absolute Gasteiger partial charge is 0.320 e. The van der Waals surface area contributed by atoms with Crippen LogP contribution in [0.3, 0.4) is 0 Å². The summed E-state index contributed by atoms with van der Waals surface area (Å²) in [6, 6.07) is 9.86.